The summed E-state index contributed by atoms with van der Waals surface area (Å²) in [5, 5.41) is 6.68. The highest BCUT2D eigenvalue weighted by molar-refractivity contribution is 5.80. The zero-order valence-corrected chi connectivity index (χ0v) is 16.5. The molecule has 0 amide bonds. The fourth-order valence-corrected chi connectivity index (χ4v) is 3.15. The van der Waals surface area contributed by atoms with Crippen LogP contribution in [0.2, 0.25) is 0 Å². The van der Waals surface area contributed by atoms with Gasteiger partial charge < -0.3 is 15.4 Å². The Morgan fingerprint density at radius 1 is 1.33 bits per heavy atom. The van der Waals surface area contributed by atoms with Crippen molar-refractivity contribution >= 4 is 5.96 Å². The molecule has 0 radical (unpaired) electrons. The molecule has 27 heavy (non-hydrogen) atoms. The van der Waals surface area contributed by atoms with Gasteiger partial charge in [0.1, 0.15) is 11.9 Å². The lowest BCUT2D eigenvalue weighted by Crippen LogP contribution is -2.49. The molecule has 0 aromatic heterocycles. The van der Waals surface area contributed by atoms with Crippen LogP contribution >= 0.6 is 0 Å². The van der Waals surface area contributed by atoms with Gasteiger partial charge in [-0.25, -0.2) is 13.8 Å². The largest absolute Gasteiger partial charge is 0.489 e. The third-order valence-electron chi connectivity index (χ3n) is 4.50. The van der Waals surface area contributed by atoms with E-state index in [0.29, 0.717) is 19.6 Å². The van der Waals surface area contributed by atoms with Gasteiger partial charge in [0.05, 0.1) is 13.1 Å². The summed E-state index contributed by atoms with van der Waals surface area (Å²) in [6, 6.07) is 8.23. The summed E-state index contributed by atoms with van der Waals surface area (Å²) in [6.07, 6.45) is -0.627. The van der Waals surface area contributed by atoms with Crippen LogP contribution in [0.1, 0.15) is 32.3 Å². The number of aryl methyl sites for hydroxylation is 1. The SMILES string of the molecule is CCNC(=NCC(C)Oc1cccc(C)c1)NC1CCN(CC(F)F)CC1. The summed E-state index contributed by atoms with van der Waals surface area (Å²) >= 11 is 0. The predicted molar refractivity (Wildman–Crippen MR) is 106 cm³/mol. The monoisotopic (exact) mass is 382 g/mol. The summed E-state index contributed by atoms with van der Waals surface area (Å²) in [4.78, 5) is 6.45. The predicted octanol–water partition coefficient (Wildman–Crippen LogP) is 3.05. The number of hydrogen-bond donors (Lipinski definition) is 2. The van der Waals surface area contributed by atoms with E-state index in [1.54, 1.807) is 0 Å². The van der Waals surface area contributed by atoms with Gasteiger partial charge in [-0.1, -0.05) is 12.1 Å². The average Bonchev–Trinajstić information content (AvgIpc) is 2.61. The topological polar surface area (TPSA) is 48.9 Å². The lowest BCUT2D eigenvalue weighted by Gasteiger charge is -2.32. The minimum absolute atomic E-state index is 0.0462. The maximum absolute atomic E-state index is 12.5. The van der Waals surface area contributed by atoms with Crippen LogP contribution in [0.4, 0.5) is 8.78 Å². The minimum atomic E-state index is -2.26. The van der Waals surface area contributed by atoms with Gasteiger partial charge in [-0.05, 0) is 51.3 Å². The Balaban J connectivity index is 1.81. The number of piperidine rings is 1. The Labute approximate surface area is 161 Å². The van der Waals surface area contributed by atoms with E-state index in [2.05, 4.69) is 15.6 Å². The van der Waals surface area contributed by atoms with Gasteiger partial charge in [0.25, 0.3) is 6.43 Å². The van der Waals surface area contributed by atoms with Crippen LogP contribution < -0.4 is 15.4 Å². The van der Waals surface area contributed by atoms with Crippen molar-refractivity contribution in [2.45, 2.75) is 52.2 Å². The molecular weight excluding hydrogens is 350 g/mol. The normalized spacial score (nSPS) is 17.8. The molecule has 1 aliphatic rings. The molecule has 7 heteroatoms. The molecule has 5 nitrogen and oxygen atoms in total. The summed E-state index contributed by atoms with van der Waals surface area (Å²) in [7, 11) is 0. The van der Waals surface area contributed by atoms with Gasteiger partial charge in [-0.2, -0.15) is 0 Å². The van der Waals surface area contributed by atoms with Gasteiger partial charge in [0, 0.05) is 25.7 Å². The van der Waals surface area contributed by atoms with E-state index < -0.39 is 6.43 Å². The zero-order valence-electron chi connectivity index (χ0n) is 16.5. The van der Waals surface area contributed by atoms with Gasteiger partial charge >= 0.3 is 0 Å². The lowest BCUT2D eigenvalue weighted by atomic mass is 10.1. The molecule has 1 unspecified atom stereocenters. The van der Waals surface area contributed by atoms with Gasteiger partial charge in [-0.15, -0.1) is 0 Å². The van der Waals surface area contributed by atoms with Crippen molar-refractivity contribution in [2.75, 3.05) is 32.7 Å². The number of likely N-dealkylation sites (tertiary alicyclic amines) is 1. The highest BCUT2D eigenvalue weighted by atomic mass is 19.3. The van der Waals surface area contributed by atoms with Crippen LogP contribution in [-0.2, 0) is 0 Å². The lowest BCUT2D eigenvalue weighted by molar-refractivity contribution is 0.0744. The number of alkyl halides is 2. The van der Waals surface area contributed by atoms with Crippen molar-refractivity contribution in [3.05, 3.63) is 29.8 Å². The maximum Gasteiger partial charge on any atom is 0.251 e. The van der Waals surface area contributed by atoms with Crippen molar-refractivity contribution in [2.24, 2.45) is 4.99 Å². The third-order valence-corrected chi connectivity index (χ3v) is 4.50. The van der Waals surface area contributed by atoms with E-state index in [9.17, 15) is 8.78 Å². The average molecular weight is 382 g/mol. The highest BCUT2D eigenvalue weighted by Gasteiger charge is 2.22. The first-order chi connectivity index (χ1) is 13.0. The smallest absolute Gasteiger partial charge is 0.251 e. The Bertz CT molecular complexity index is 589. The van der Waals surface area contributed by atoms with Crippen molar-refractivity contribution in [3.8, 4) is 5.75 Å². The highest BCUT2D eigenvalue weighted by Crippen LogP contribution is 2.14. The van der Waals surface area contributed by atoms with Gasteiger partial charge in [0.15, 0.2) is 5.96 Å². The number of hydrogen-bond acceptors (Lipinski definition) is 3. The number of aliphatic imine (C=N–C) groups is 1. The molecule has 2 N–H and O–H groups in total. The molecule has 1 atom stereocenters. The number of halogens is 2. The van der Waals surface area contributed by atoms with Gasteiger partial charge in [0.2, 0.25) is 0 Å². The molecule has 0 bridgehead atoms. The third kappa shape index (κ3) is 8.12. The van der Waals surface area contributed by atoms with E-state index >= 15 is 0 Å². The number of rotatable bonds is 8. The van der Waals surface area contributed by atoms with E-state index in [1.165, 1.54) is 0 Å². The van der Waals surface area contributed by atoms with Crippen LogP contribution in [0.15, 0.2) is 29.3 Å². The van der Waals surface area contributed by atoms with Crippen LogP contribution in [0.3, 0.4) is 0 Å². The summed E-state index contributed by atoms with van der Waals surface area (Å²) < 4.78 is 30.9. The molecule has 1 aromatic rings. The Morgan fingerprint density at radius 2 is 2.07 bits per heavy atom. The fourth-order valence-electron chi connectivity index (χ4n) is 3.15. The second-order valence-electron chi connectivity index (χ2n) is 7.07. The number of nitrogens with zero attached hydrogens (tertiary/aromatic N) is 2. The molecule has 1 heterocycles. The summed E-state index contributed by atoms with van der Waals surface area (Å²) in [5.74, 6) is 1.60. The number of nitrogens with one attached hydrogen (secondary N) is 2. The maximum atomic E-state index is 12.5. The zero-order chi connectivity index (χ0) is 19.6. The second kappa shape index (κ2) is 11.1. The minimum Gasteiger partial charge on any atom is -0.489 e. The van der Waals surface area contributed by atoms with Gasteiger partial charge in [-0.3, -0.25) is 4.90 Å². The van der Waals surface area contributed by atoms with Crippen molar-refractivity contribution < 1.29 is 13.5 Å². The number of ether oxygens (including phenoxy) is 1. The molecule has 0 aliphatic carbocycles. The molecule has 2 rings (SSSR count). The first-order valence-electron chi connectivity index (χ1n) is 9.75. The Kier molecular flexibility index (Phi) is 8.78. The first-order valence-corrected chi connectivity index (χ1v) is 9.75. The van der Waals surface area contributed by atoms with Crippen molar-refractivity contribution in [1.82, 2.24) is 15.5 Å². The van der Waals surface area contributed by atoms with E-state index in [-0.39, 0.29) is 18.7 Å². The summed E-state index contributed by atoms with van der Waals surface area (Å²) in [5.41, 5.74) is 1.16. The molecule has 0 saturated carbocycles. The van der Waals surface area contributed by atoms with E-state index in [0.717, 1.165) is 36.7 Å². The van der Waals surface area contributed by atoms with Crippen molar-refractivity contribution in [1.29, 1.82) is 0 Å². The summed E-state index contributed by atoms with van der Waals surface area (Å²) in [6.45, 7) is 8.61. The molecule has 1 saturated heterocycles. The first kappa shape index (κ1) is 21.4. The van der Waals surface area contributed by atoms with E-state index in [1.807, 2.05) is 49.9 Å². The van der Waals surface area contributed by atoms with Crippen LogP contribution in [0.25, 0.3) is 0 Å². The molecule has 152 valence electrons. The Hall–Kier alpha value is -1.89. The second-order valence-corrected chi connectivity index (χ2v) is 7.07. The standard InChI is InChI=1S/C20H32F2N4O/c1-4-23-20(25-17-8-10-26(11-9-17)14-19(21)22)24-13-16(3)27-18-7-5-6-15(2)12-18/h5-7,12,16-17,19H,4,8-11,13-14H2,1-3H3,(H2,23,24,25). The number of guanidine groups is 1. The van der Waals surface area contributed by atoms with Crippen LogP contribution in [-0.4, -0.2) is 62.2 Å². The van der Waals surface area contributed by atoms with Crippen molar-refractivity contribution in [3.63, 3.8) is 0 Å². The molecule has 0 spiro atoms. The Morgan fingerprint density at radius 3 is 2.70 bits per heavy atom. The number of benzene rings is 1. The molecule has 1 fully saturated rings. The molecule has 1 aromatic carbocycles. The molecular formula is C20H32F2N4O. The van der Waals surface area contributed by atoms with Crippen LogP contribution in [0, 0.1) is 6.92 Å². The van der Waals surface area contributed by atoms with E-state index in [4.69, 9.17) is 4.74 Å². The quantitative estimate of drug-likeness (QED) is 0.536. The molecule has 1 aliphatic heterocycles. The fraction of sp³-hybridized carbons (Fsp3) is 0.650. The van der Waals surface area contributed by atoms with Crippen LogP contribution in [0.5, 0.6) is 5.75 Å².